The van der Waals surface area contributed by atoms with E-state index >= 15 is 0 Å². The van der Waals surface area contributed by atoms with Crippen LogP contribution in [0.25, 0.3) is 11.3 Å². The number of rotatable bonds is 2. The summed E-state index contributed by atoms with van der Waals surface area (Å²) in [5, 5.41) is 0. The van der Waals surface area contributed by atoms with E-state index in [0.717, 1.165) is 22.5 Å². The van der Waals surface area contributed by atoms with Crippen LogP contribution in [0.15, 0.2) is 24.3 Å². The van der Waals surface area contributed by atoms with E-state index in [1.54, 1.807) is 0 Å². The summed E-state index contributed by atoms with van der Waals surface area (Å²) in [5.74, 6) is 0.624. The van der Waals surface area contributed by atoms with Gasteiger partial charge in [-0.2, -0.15) is 4.98 Å². The molecule has 4 N–H and O–H groups in total. The molecule has 1 heterocycles. The molecule has 2 aromatic rings. The Morgan fingerprint density at radius 3 is 2.17 bits per heavy atom. The van der Waals surface area contributed by atoms with Gasteiger partial charge in [0.1, 0.15) is 5.82 Å². The van der Waals surface area contributed by atoms with Gasteiger partial charge < -0.3 is 16.4 Å². The van der Waals surface area contributed by atoms with Crippen molar-refractivity contribution in [2.24, 2.45) is 0 Å². The minimum absolute atomic E-state index is 0.199. The Kier molecular flexibility index (Phi) is 3.06. The normalized spacial score (nSPS) is 10.4. The van der Waals surface area contributed by atoms with E-state index in [4.69, 9.17) is 11.5 Å². The number of nitrogen functional groups attached to an aromatic ring is 2. The number of aromatic nitrogens is 2. The molecule has 0 atom stereocenters. The molecule has 5 nitrogen and oxygen atoms in total. The molecule has 2 rings (SSSR count). The van der Waals surface area contributed by atoms with Gasteiger partial charge in [-0.05, 0) is 19.1 Å². The van der Waals surface area contributed by atoms with Crippen molar-refractivity contribution >= 4 is 17.5 Å². The fraction of sp³-hybridized carbons (Fsp3) is 0.231. The summed E-state index contributed by atoms with van der Waals surface area (Å²) in [5.41, 5.74) is 15.2. The lowest BCUT2D eigenvalue weighted by Crippen LogP contribution is -2.08. The zero-order chi connectivity index (χ0) is 13.3. The molecule has 0 aliphatic rings. The van der Waals surface area contributed by atoms with Gasteiger partial charge in [-0.15, -0.1) is 0 Å². The van der Waals surface area contributed by atoms with Crippen molar-refractivity contribution in [2.45, 2.75) is 6.92 Å². The zero-order valence-electron chi connectivity index (χ0n) is 10.8. The summed E-state index contributed by atoms with van der Waals surface area (Å²) < 4.78 is 0. The summed E-state index contributed by atoms with van der Waals surface area (Å²) >= 11 is 0. The molecule has 1 aromatic carbocycles. The van der Waals surface area contributed by atoms with Crippen LogP contribution in [-0.4, -0.2) is 24.1 Å². The Hall–Kier alpha value is -2.30. The number of nitrogens with zero attached hydrogens (tertiary/aromatic N) is 3. The van der Waals surface area contributed by atoms with Crippen molar-refractivity contribution in [3.63, 3.8) is 0 Å². The van der Waals surface area contributed by atoms with E-state index in [9.17, 15) is 0 Å². The SMILES string of the molecule is Cc1c(N)nc(N)nc1-c1ccc(N(C)C)cc1. The van der Waals surface area contributed by atoms with Crippen LogP contribution in [0, 0.1) is 6.92 Å². The molecule has 1 aromatic heterocycles. The molecule has 0 radical (unpaired) electrons. The molecule has 0 aliphatic heterocycles. The Morgan fingerprint density at radius 1 is 1.00 bits per heavy atom. The lowest BCUT2D eigenvalue weighted by Gasteiger charge is -2.13. The number of hydrogen-bond acceptors (Lipinski definition) is 5. The lowest BCUT2D eigenvalue weighted by atomic mass is 10.1. The smallest absolute Gasteiger partial charge is 0.222 e. The molecule has 0 saturated carbocycles. The maximum absolute atomic E-state index is 5.80. The highest BCUT2D eigenvalue weighted by Crippen LogP contribution is 2.26. The summed E-state index contributed by atoms with van der Waals surface area (Å²) in [4.78, 5) is 10.2. The van der Waals surface area contributed by atoms with Gasteiger partial charge in [0.05, 0.1) is 5.69 Å². The highest BCUT2D eigenvalue weighted by atomic mass is 15.1. The molecule has 0 saturated heterocycles. The van der Waals surface area contributed by atoms with Gasteiger partial charge in [0.25, 0.3) is 0 Å². The third kappa shape index (κ3) is 2.20. The van der Waals surface area contributed by atoms with Crippen LogP contribution >= 0.6 is 0 Å². The largest absolute Gasteiger partial charge is 0.383 e. The minimum atomic E-state index is 0.199. The van der Waals surface area contributed by atoms with Crippen LogP contribution < -0.4 is 16.4 Å². The fourth-order valence-electron chi connectivity index (χ4n) is 1.75. The van der Waals surface area contributed by atoms with Crippen LogP contribution in [0.4, 0.5) is 17.5 Å². The van der Waals surface area contributed by atoms with Crippen molar-refractivity contribution in [2.75, 3.05) is 30.5 Å². The third-order valence-electron chi connectivity index (χ3n) is 2.86. The second-order valence-electron chi connectivity index (χ2n) is 4.38. The van der Waals surface area contributed by atoms with Crippen LogP contribution in [0.2, 0.25) is 0 Å². The Labute approximate surface area is 106 Å². The zero-order valence-corrected chi connectivity index (χ0v) is 10.8. The maximum Gasteiger partial charge on any atom is 0.222 e. The van der Waals surface area contributed by atoms with Crippen LogP contribution in [0.1, 0.15) is 5.56 Å². The van der Waals surface area contributed by atoms with E-state index in [1.165, 1.54) is 0 Å². The fourth-order valence-corrected chi connectivity index (χ4v) is 1.75. The first-order valence-corrected chi connectivity index (χ1v) is 5.66. The number of anilines is 3. The van der Waals surface area contributed by atoms with E-state index in [0.29, 0.717) is 5.82 Å². The molecule has 94 valence electrons. The molecule has 18 heavy (non-hydrogen) atoms. The van der Waals surface area contributed by atoms with Crippen molar-refractivity contribution in [3.8, 4) is 11.3 Å². The van der Waals surface area contributed by atoms with Gasteiger partial charge in [-0.1, -0.05) is 12.1 Å². The maximum atomic E-state index is 5.80. The molecule has 0 spiro atoms. The first-order chi connectivity index (χ1) is 8.49. The average Bonchev–Trinajstić information content (AvgIpc) is 2.34. The van der Waals surface area contributed by atoms with Gasteiger partial charge in [0, 0.05) is 30.9 Å². The van der Waals surface area contributed by atoms with E-state index < -0.39 is 0 Å². The molecule has 0 fully saturated rings. The predicted molar refractivity (Wildman–Crippen MR) is 75.4 cm³/mol. The molecular weight excluding hydrogens is 226 g/mol. The summed E-state index contributed by atoms with van der Waals surface area (Å²) in [6, 6.07) is 8.07. The number of benzene rings is 1. The first kappa shape index (κ1) is 12.2. The summed E-state index contributed by atoms with van der Waals surface area (Å²) in [6.07, 6.45) is 0. The van der Waals surface area contributed by atoms with Crippen LogP contribution in [0.3, 0.4) is 0 Å². The van der Waals surface area contributed by atoms with E-state index in [-0.39, 0.29) is 5.95 Å². The summed E-state index contributed by atoms with van der Waals surface area (Å²) in [7, 11) is 4.00. The molecular formula is C13H17N5. The average molecular weight is 243 g/mol. The lowest BCUT2D eigenvalue weighted by molar-refractivity contribution is 1.13. The Bertz CT molecular complexity index is 560. The van der Waals surface area contributed by atoms with E-state index in [1.807, 2.05) is 50.2 Å². The number of hydrogen-bond donors (Lipinski definition) is 2. The van der Waals surface area contributed by atoms with Crippen molar-refractivity contribution in [1.82, 2.24) is 9.97 Å². The van der Waals surface area contributed by atoms with Crippen LogP contribution in [-0.2, 0) is 0 Å². The second kappa shape index (κ2) is 4.52. The summed E-state index contributed by atoms with van der Waals surface area (Å²) in [6.45, 7) is 1.89. The Balaban J connectivity index is 2.49. The quantitative estimate of drug-likeness (QED) is 0.838. The van der Waals surface area contributed by atoms with Crippen molar-refractivity contribution in [1.29, 1.82) is 0 Å². The highest BCUT2D eigenvalue weighted by Gasteiger charge is 2.09. The first-order valence-electron chi connectivity index (χ1n) is 5.66. The molecule has 0 bridgehead atoms. The monoisotopic (exact) mass is 243 g/mol. The molecule has 0 unspecified atom stereocenters. The topological polar surface area (TPSA) is 81.1 Å². The van der Waals surface area contributed by atoms with E-state index in [2.05, 4.69) is 9.97 Å². The second-order valence-corrected chi connectivity index (χ2v) is 4.38. The van der Waals surface area contributed by atoms with Crippen molar-refractivity contribution < 1.29 is 0 Å². The highest BCUT2D eigenvalue weighted by molar-refractivity contribution is 5.70. The Morgan fingerprint density at radius 2 is 1.61 bits per heavy atom. The number of nitrogens with two attached hydrogens (primary N) is 2. The van der Waals surface area contributed by atoms with Gasteiger partial charge in [-0.25, -0.2) is 4.98 Å². The molecule has 5 heteroatoms. The molecule has 0 amide bonds. The van der Waals surface area contributed by atoms with Gasteiger partial charge in [0.2, 0.25) is 5.95 Å². The third-order valence-corrected chi connectivity index (χ3v) is 2.86. The van der Waals surface area contributed by atoms with Crippen LogP contribution in [0.5, 0.6) is 0 Å². The van der Waals surface area contributed by atoms with Gasteiger partial charge in [0.15, 0.2) is 0 Å². The predicted octanol–water partition coefficient (Wildman–Crippen LogP) is 1.68. The van der Waals surface area contributed by atoms with Gasteiger partial charge in [-0.3, -0.25) is 0 Å². The van der Waals surface area contributed by atoms with Gasteiger partial charge >= 0.3 is 0 Å². The molecule has 0 aliphatic carbocycles. The minimum Gasteiger partial charge on any atom is -0.383 e. The van der Waals surface area contributed by atoms with Crippen molar-refractivity contribution in [3.05, 3.63) is 29.8 Å². The standard InChI is InChI=1S/C13H17N5/c1-8-11(16-13(15)17-12(8)14)9-4-6-10(7-5-9)18(2)3/h4-7H,1-3H3,(H4,14,15,16,17).